The minimum absolute atomic E-state index is 0.0354. The quantitative estimate of drug-likeness (QED) is 0.678. The highest BCUT2D eigenvalue weighted by atomic mass is 35.5. The second kappa shape index (κ2) is 9.10. The van der Waals surface area contributed by atoms with Crippen molar-refractivity contribution in [3.05, 3.63) is 58.6 Å². The van der Waals surface area contributed by atoms with E-state index < -0.39 is 12.0 Å². The molecule has 0 aliphatic rings. The third-order valence-electron chi connectivity index (χ3n) is 3.62. The molecule has 6 nitrogen and oxygen atoms in total. The number of halogens is 1. The average molecular weight is 376 g/mol. The van der Waals surface area contributed by atoms with Crippen molar-refractivity contribution in [2.45, 2.75) is 26.9 Å². The van der Waals surface area contributed by atoms with Gasteiger partial charge < -0.3 is 10.1 Å². The summed E-state index contributed by atoms with van der Waals surface area (Å²) in [5, 5.41) is 3.54. The topological polar surface area (TPSA) is 79.5 Å². The normalized spacial score (nSPS) is 11.4. The monoisotopic (exact) mass is 375 g/mol. The van der Waals surface area contributed by atoms with E-state index in [-0.39, 0.29) is 12.5 Å². The Morgan fingerprint density at radius 1 is 1.12 bits per heavy atom. The van der Waals surface area contributed by atoms with E-state index in [4.69, 9.17) is 16.3 Å². The molecular formula is C19H22ClN3O3. The molecule has 0 radical (unpaired) electrons. The van der Waals surface area contributed by atoms with Crippen LogP contribution in [0.2, 0.25) is 5.02 Å². The highest BCUT2D eigenvalue weighted by Gasteiger charge is 2.15. The molecule has 2 rings (SSSR count). The molecule has 0 saturated heterocycles. The third kappa shape index (κ3) is 5.97. The molecule has 138 valence electrons. The first-order valence-electron chi connectivity index (χ1n) is 8.17. The van der Waals surface area contributed by atoms with Gasteiger partial charge in [-0.25, -0.2) is 0 Å². The lowest BCUT2D eigenvalue weighted by atomic mass is 10.1. The van der Waals surface area contributed by atoms with E-state index >= 15 is 0 Å². The van der Waals surface area contributed by atoms with Gasteiger partial charge in [0.1, 0.15) is 5.75 Å². The fourth-order valence-electron chi connectivity index (χ4n) is 2.26. The Labute approximate surface area is 157 Å². The van der Waals surface area contributed by atoms with Crippen LogP contribution in [0.3, 0.4) is 0 Å². The lowest BCUT2D eigenvalue weighted by Crippen LogP contribution is -2.48. The van der Waals surface area contributed by atoms with Crippen molar-refractivity contribution in [3.63, 3.8) is 0 Å². The highest BCUT2D eigenvalue weighted by molar-refractivity contribution is 6.30. The largest absolute Gasteiger partial charge is 0.481 e. The van der Waals surface area contributed by atoms with Gasteiger partial charge in [-0.2, -0.15) is 0 Å². The Morgan fingerprint density at radius 2 is 1.88 bits per heavy atom. The summed E-state index contributed by atoms with van der Waals surface area (Å²) >= 11 is 5.87. The van der Waals surface area contributed by atoms with Crippen LogP contribution in [0.1, 0.15) is 18.1 Å². The molecule has 0 heterocycles. The number of hydrogen-bond acceptors (Lipinski definition) is 4. The zero-order valence-electron chi connectivity index (χ0n) is 14.9. The number of hydrazine groups is 1. The molecule has 0 aromatic heterocycles. The van der Waals surface area contributed by atoms with Crippen LogP contribution < -0.4 is 20.9 Å². The average Bonchev–Trinajstić information content (AvgIpc) is 2.58. The van der Waals surface area contributed by atoms with Gasteiger partial charge in [0, 0.05) is 10.7 Å². The van der Waals surface area contributed by atoms with Crippen molar-refractivity contribution < 1.29 is 14.3 Å². The molecule has 0 bridgehead atoms. The van der Waals surface area contributed by atoms with Gasteiger partial charge in [-0.1, -0.05) is 35.4 Å². The second-order valence-electron chi connectivity index (χ2n) is 5.93. The molecule has 3 N–H and O–H groups in total. The maximum Gasteiger partial charge on any atom is 0.279 e. The van der Waals surface area contributed by atoms with Gasteiger partial charge >= 0.3 is 0 Å². The summed E-state index contributed by atoms with van der Waals surface area (Å²) in [5.41, 5.74) is 7.76. The molecule has 0 aliphatic heterocycles. The summed E-state index contributed by atoms with van der Waals surface area (Å²) in [7, 11) is 0. The number of ether oxygens (including phenoxy) is 1. The van der Waals surface area contributed by atoms with E-state index in [0.717, 1.165) is 16.8 Å². The van der Waals surface area contributed by atoms with E-state index in [1.165, 1.54) is 0 Å². The van der Waals surface area contributed by atoms with Crippen molar-refractivity contribution in [3.8, 4) is 5.75 Å². The fourth-order valence-corrected chi connectivity index (χ4v) is 2.44. The zero-order valence-corrected chi connectivity index (χ0v) is 15.7. The number of carbonyl (C=O) groups is 2. The van der Waals surface area contributed by atoms with Crippen LogP contribution in [0.4, 0.5) is 5.69 Å². The van der Waals surface area contributed by atoms with Crippen LogP contribution in [0.15, 0.2) is 42.5 Å². The minimum atomic E-state index is -0.791. The number of carbonyl (C=O) groups excluding carboxylic acids is 2. The van der Waals surface area contributed by atoms with Gasteiger partial charge in [-0.3, -0.25) is 20.4 Å². The summed E-state index contributed by atoms with van der Waals surface area (Å²) < 4.78 is 5.48. The molecule has 0 spiro atoms. The lowest BCUT2D eigenvalue weighted by Gasteiger charge is -2.16. The Hall–Kier alpha value is -2.73. The molecule has 0 aliphatic carbocycles. The number of hydrogen-bond donors (Lipinski definition) is 3. The first-order valence-corrected chi connectivity index (χ1v) is 8.55. The van der Waals surface area contributed by atoms with Crippen LogP contribution in [0, 0.1) is 13.8 Å². The van der Waals surface area contributed by atoms with E-state index in [9.17, 15) is 9.59 Å². The fraction of sp³-hybridized carbons (Fsp3) is 0.263. The van der Waals surface area contributed by atoms with Crippen LogP contribution >= 0.6 is 11.6 Å². The molecule has 0 saturated carbocycles. The number of anilines is 1. The van der Waals surface area contributed by atoms with Crippen molar-refractivity contribution in [2.75, 3.05) is 11.9 Å². The van der Waals surface area contributed by atoms with Gasteiger partial charge in [-0.15, -0.1) is 0 Å². The number of benzene rings is 2. The van der Waals surface area contributed by atoms with Crippen LogP contribution in [-0.4, -0.2) is 24.5 Å². The molecule has 1 atom stereocenters. The van der Waals surface area contributed by atoms with Crippen LogP contribution in [0.5, 0.6) is 5.75 Å². The maximum absolute atomic E-state index is 12.0. The Bertz CT molecular complexity index is 795. The molecule has 2 amide bonds. The maximum atomic E-state index is 12.0. The number of amides is 2. The Morgan fingerprint density at radius 3 is 2.58 bits per heavy atom. The van der Waals surface area contributed by atoms with Crippen LogP contribution in [0.25, 0.3) is 0 Å². The lowest BCUT2D eigenvalue weighted by molar-refractivity contribution is -0.132. The molecule has 2 aromatic carbocycles. The zero-order chi connectivity index (χ0) is 19.1. The predicted octanol–water partition coefficient (Wildman–Crippen LogP) is 2.98. The van der Waals surface area contributed by atoms with Crippen LogP contribution in [-0.2, 0) is 9.59 Å². The number of aryl methyl sites for hydroxylation is 2. The molecule has 7 heteroatoms. The third-order valence-corrected chi connectivity index (χ3v) is 3.86. The smallest absolute Gasteiger partial charge is 0.279 e. The van der Waals surface area contributed by atoms with Crippen molar-refractivity contribution >= 4 is 29.1 Å². The number of nitrogens with one attached hydrogen (secondary N) is 3. The Balaban J connectivity index is 1.76. The molecule has 26 heavy (non-hydrogen) atoms. The minimum Gasteiger partial charge on any atom is -0.481 e. The van der Waals surface area contributed by atoms with Gasteiger partial charge in [0.25, 0.3) is 11.8 Å². The van der Waals surface area contributed by atoms with Gasteiger partial charge in [-0.05, 0) is 50.6 Å². The van der Waals surface area contributed by atoms with Crippen molar-refractivity contribution in [1.82, 2.24) is 10.9 Å². The highest BCUT2D eigenvalue weighted by Crippen LogP contribution is 2.18. The van der Waals surface area contributed by atoms with E-state index in [0.29, 0.717) is 10.8 Å². The SMILES string of the molecule is Cc1ccc(NCC(=O)NNC(=O)C(C)Oc2cccc(Cl)c2)c(C)c1. The first kappa shape index (κ1) is 19.6. The Kier molecular flexibility index (Phi) is 6.86. The van der Waals surface area contributed by atoms with E-state index in [1.54, 1.807) is 31.2 Å². The van der Waals surface area contributed by atoms with Gasteiger partial charge in [0.2, 0.25) is 0 Å². The number of rotatable bonds is 6. The van der Waals surface area contributed by atoms with E-state index in [1.807, 2.05) is 32.0 Å². The predicted molar refractivity (Wildman–Crippen MR) is 102 cm³/mol. The summed E-state index contributed by atoms with van der Waals surface area (Å²) in [6.45, 7) is 5.58. The standard InChI is InChI=1S/C19H22ClN3O3/c1-12-7-8-17(13(2)9-12)21-11-18(24)22-23-19(25)14(3)26-16-6-4-5-15(20)10-16/h4-10,14,21H,11H2,1-3H3,(H,22,24)(H,23,25). The molecule has 0 fully saturated rings. The van der Waals surface area contributed by atoms with Crippen molar-refractivity contribution in [1.29, 1.82) is 0 Å². The molecular weight excluding hydrogens is 354 g/mol. The molecule has 2 aromatic rings. The van der Waals surface area contributed by atoms with Gasteiger partial charge in [0.05, 0.1) is 6.54 Å². The summed E-state index contributed by atoms with van der Waals surface area (Å²) in [4.78, 5) is 23.9. The molecule has 1 unspecified atom stereocenters. The first-order chi connectivity index (χ1) is 12.3. The van der Waals surface area contributed by atoms with Gasteiger partial charge in [0.15, 0.2) is 6.10 Å². The summed E-state index contributed by atoms with van der Waals surface area (Å²) in [5.74, 6) is -0.360. The van der Waals surface area contributed by atoms with E-state index in [2.05, 4.69) is 16.2 Å². The summed E-state index contributed by atoms with van der Waals surface area (Å²) in [6, 6.07) is 12.6. The summed E-state index contributed by atoms with van der Waals surface area (Å²) in [6.07, 6.45) is -0.791. The van der Waals surface area contributed by atoms with Crippen molar-refractivity contribution in [2.24, 2.45) is 0 Å². The second-order valence-corrected chi connectivity index (χ2v) is 6.36.